The van der Waals surface area contributed by atoms with Gasteiger partial charge in [0.2, 0.25) is 0 Å². The van der Waals surface area contributed by atoms with Gasteiger partial charge in [0.25, 0.3) is 0 Å². The Morgan fingerprint density at radius 2 is 2.00 bits per heavy atom. The highest BCUT2D eigenvalue weighted by Gasteiger charge is 1.78. The lowest BCUT2D eigenvalue weighted by Crippen LogP contribution is -1.98. The normalized spacial score (nSPS) is 10.9. The Bertz CT molecular complexity index is 70.7. The zero-order chi connectivity index (χ0) is 6.95. The Hall–Kier alpha value is -0.380. The molecular formula is C6H12O3. The second kappa shape index (κ2) is 7.62. The van der Waals surface area contributed by atoms with Gasteiger partial charge in [0.05, 0.1) is 26.4 Å². The van der Waals surface area contributed by atoms with E-state index in [0.717, 1.165) is 0 Å². The Morgan fingerprint density at radius 3 is 2.56 bits per heavy atom. The Labute approximate surface area is 54.6 Å². The molecule has 9 heavy (non-hydrogen) atoms. The maximum absolute atomic E-state index is 8.23. The molecule has 3 heteroatoms. The topological polar surface area (TPSA) is 49.7 Å². The van der Waals surface area contributed by atoms with Crippen molar-refractivity contribution in [3.63, 3.8) is 0 Å². The van der Waals surface area contributed by atoms with Crippen LogP contribution in [0.15, 0.2) is 12.2 Å². The summed E-state index contributed by atoms with van der Waals surface area (Å²) in [5.41, 5.74) is 0. The number of hydrogen-bond donors (Lipinski definition) is 2. The molecule has 0 bridgehead atoms. The van der Waals surface area contributed by atoms with Crippen molar-refractivity contribution in [3.05, 3.63) is 12.2 Å². The van der Waals surface area contributed by atoms with Crippen molar-refractivity contribution < 1.29 is 14.9 Å². The SMILES string of the molecule is OC/C=C/COCCO. The van der Waals surface area contributed by atoms with Gasteiger partial charge in [0.15, 0.2) is 0 Å². The minimum absolute atomic E-state index is 0.0441. The molecule has 0 atom stereocenters. The van der Waals surface area contributed by atoms with Crippen LogP contribution < -0.4 is 0 Å². The predicted octanol–water partition coefficient (Wildman–Crippen LogP) is -0.456. The van der Waals surface area contributed by atoms with E-state index in [-0.39, 0.29) is 13.2 Å². The zero-order valence-electron chi connectivity index (χ0n) is 5.29. The van der Waals surface area contributed by atoms with Crippen molar-refractivity contribution in [2.75, 3.05) is 26.4 Å². The van der Waals surface area contributed by atoms with E-state index in [1.807, 2.05) is 0 Å². The summed E-state index contributed by atoms with van der Waals surface area (Å²) < 4.78 is 4.84. The number of rotatable bonds is 5. The quantitative estimate of drug-likeness (QED) is 0.393. The van der Waals surface area contributed by atoms with Gasteiger partial charge in [-0.15, -0.1) is 0 Å². The van der Waals surface area contributed by atoms with Crippen molar-refractivity contribution in [1.29, 1.82) is 0 Å². The Balaban J connectivity index is 2.82. The summed E-state index contributed by atoms with van der Waals surface area (Å²) in [7, 11) is 0. The second-order valence-corrected chi connectivity index (χ2v) is 1.45. The van der Waals surface area contributed by atoms with Gasteiger partial charge in [0.1, 0.15) is 0 Å². The van der Waals surface area contributed by atoms with Crippen LogP contribution in [0, 0.1) is 0 Å². The lowest BCUT2D eigenvalue weighted by molar-refractivity contribution is 0.111. The van der Waals surface area contributed by atoms with E-state index in [9.17, 15) is 0 Å². The van der Waals surface area contributed by atoms with E-state index in [0.29, 0.717) is 13.2 Å². The molecule has 0 radical (unpaired) electrons. The average molecular weight is 132 g/mol. The molecular weight excluding hydrogens is 120 g/mol. The van der Waals surface area contributed by atoms with Gasteiger partial charge in [0, 0.05) is 0 Å². The monoisotopic (exact) mass is 132 g/mol. The summed E-state index contributed by atoms with van der Waals surface area (Å²) >= 11 is 0. The maximum Gasteiger partial charge on any atom is 0.0701 e. The summed E-state index contributed by atoms with van der Waals surface area (Å²) in [6, 6.07) is 0. The standard InChI is InChI=1S/C6H12O3/c7-3-1-2-5-9-6-4-8/h1-2,7-8H,3-6H2/b2-1+. The minimum atomic E-state index is 0.0441. The highest BCUT2D eigenvalue weighted by Crippen LogP contribution is 1.75. The average Bonchev–Trinajstić information content (AvgIpc) is 1.89. The Morgan fingerprint density at radius 1 is 1.22 bits per heavy atom. The van der Waals surface area contributed by atoms with Gasteiger partial charge >= 0.3 is 0 Å². The van der Waals surface area contributed by atoms with Crippen molar-refractivity contribution in [2.24, 2.45) is 0 Å². The van der Waals surface area contributed by atoms with E-state index < -0.39 is 0 Å². The third-order valence-corrected chi connectivity index (χ3v) is 0.722. The van der Waals surface area contributed by atoms with Gasteiger partial charge in [-0.05, 0) is 0 Å². The molecule has 0 rings (SSSR count). The lowest BCUT2D eigenvalue weighted by Gasteiger charge is -1.93. The molecule has 0 saturated heterocycles. The highest BCUT2D eigenvalue weighted by molar-refractivity contribution is 4.79. The molecule has 0 aliphatic rings. The summed E-state index contributed by atoms with van der Waals surface area (Å²) in [5.74, 6) is 0. The number of ether oxygens (including phenoxy) is 1. The first-order chi connectivity index (χ1) is 4.41. The van der Waals surface area contributed by atoms with Crippen LogP contribution in [-0.2, 0) is 4.74 Å². The van der Waals surface area contributed by atoms with E-state index in [4.69, 9.17) is 14.9 Å². The fourth-order valence-corrected chi connectivity index (χ4v) is 0.359. The molecule has 0 unspecified atom stereocenters. The van der Waals surface area contributed by atoms with Crippen molar-refractivity contribution in [2.45, 2.75) is 0 Å². The van der Waals surface area contributed by atoms with Crippen molar-refractivity contribution in [3.8, 4) is 0 Å². The van der Waals surface area contributed by atoms with Gasteiger partial charge in [-0.1, -0.05) is 12.2 Å². The summed E-state index contributed by atoms with van der Waals surface area (Å²) in [6.45, 7) is 0.909. The molecule has 0 spiro atoms. The van der Waals surface area contributed by atoms with Crippen LogP contribution >= 0.6 is 0 Å². The molecule has 0 heterocycles. The first kappa shape index (κ1) is 8.62. The van der Waals surface area contributed by atoms with Gasteiger partial charge in [-0.25, -0.2) is 0 Å². The molecule has 2 N–H and O–H groups in total. The van der Waals surface area contributed by atoms with Gasteiger partial charge in [-0.3, -0.25) is 0 Å². The lowest BCUT2D eigenvalue weighted by atomic mass is 10.5. The van der Waals surface area contributed by atoms with Crippen LogP contribution in [0.25, 0.3) is 0 Å². The number of hydrogen-bond acceptors (Lipinski definition) is 3. The fourth-order valence-electron chi connectivity index (χ4n) is 0.359. The van der Waals surface area contributed by atoms with Crippen LogP contribution in [-0.4, -0.2) is 36.6 Å². The molecule has 3 nitrogen and oxygen atoms in total. The van der Waals surface area contributed by atoms with E-state index >= 15 is 0 Å². The van der Waals surface area contributed by atoms with Gasteiger partial charge in [-0.2, -0.15) is 0 Å². The predicted molar refractivity (Wildman–Crippen MR) is 34.1 cm³/mol. The number of aliphatic hydroxyl groups excluding tert-OH is 2. The second-order valence-electron chi connectivity index (χ2n) is 1.45. The molecule has 0 amide bonds. The van der Waals surface area contributed by atoms with Crippen molar-refractivity contribution in [1.82, 2.24) is 0 Å². The van der Waals surface area contributed by atoms with Crippen molar-refractivity contribution >= 4 is 0 Å². The summed E-state index contributed by atoms with van der Waals surface area (Å²) in [6.07, 6.45) is 3.30. The first-order valence-corrected chi connectivity index (χ1v) is 2.86. The van der Waals surface area contributed by atoms with Crippen LogP contribution in [0.4, 0.5) is 0 Å². The zero-order valence-corrected chi connectivity index (χ0v) is 5.29. The molecule has 0 aliphatic heterocycles. The molecule has 0 saturated carbocycles. The van der Waals surface area contributed by atoms with E-state index in [2.05, 4.69) is 0 Å². The highest BCUT2D eigenvalue weighted by atomic mass is 16.5. The van der Waals surface area contributed by atoms with Crippen LogP contribution in [0.2, 0.25) is 0 Å². The van der Waals surface area contributed by atoms with Gasteiger partial charge < -0.3 is 14.9 Å². The Kier molecular flexibility index (Phi) is 7.30. The van der Waals surface area contributed by atoms with Crippen LogP contribution in [0.3, 0.4) is 0 Å². The van der Waals surface area contributed by atoms with E-state index in [1.165, 1.54) is 0 Å². The molecule has 0 fully saturated rings. The smallest absolute Gasteiger partial charge is 0.0701 e. The number of aliphatic hydroxyl groups is 2. The maximum atomic E-state index is 8.23. The third kappa shape index (κ3) is 7.62. The first-order valence-electron chi connectivity index (χ1n) is 2.86. The summed E-state index contributed by atoms with van der Waals surface area (Å²) in [4.78, 5) is 0. The van der Waals surface area contributed by atoms with Crippen LogP contribution in [0.5, 0.6) is 0 Å². The molecule has 0 aliphatic carbocycles. The molecule has 0 aromatic rings. The summed E-state index contributed by atoms with van der Waals surface area (Å²) in [5, 5.41) is 16.5. The largest absolute Gasteiger partial charge is 0.394 e. The minimum Gasteiger partial charge on any atom is -0.394 e. The fraction of sp³-hybridized carbons (Fsp3) is 0.667. The third-order valence-electron chi connectivity index (χ3n) is 0.722. The molecule has 0 aromatic carbocycles. The molecule has 0 aromatic heterocycles. The van der Waals surface area contributed by atoms with E-state index in [1.54, 1.807) is 12.2 Å². The van der Waals surface area contributed by atoms with Crippen LogP contribution in [0.1, 0.15) is 0 Å². The molecule has 54 valence electrons.